The van der Waals surface area contributed by atoms with Gasteiger partial charge in [0.1, 0.15) is 16.5 Å². The van der Waals surface area contributed by atoms with Crippen LogP contribution in [0, 0.1) is 0 Å². The monoisotopic (exact) mass is 261 g/mol. The molecule has 90 valence electrons. The second-order valence-corrected chi connectivity index (χ2v) is 17.1. The van der Waals surface area contributed by atoms with Crippen molar-refractivity contribution in [3.63, 3.8) is 0 Å². The van der Waals surface area contributed by atoms with Crippen molar-refractivity contribution in [1.82, 2.24) is 4.23 Å². The summed E-state index contributed by atoms with van der Waals surface area (Å²) in [5.74, 6) is 0. The van der Waals surface area contributed by atoms with E-state index in [-0.39, 0.29) is 0 Å². The Morgan fingerprint density at radius 3 is 1.47 bits per heavy atom. The van der Waals surface area contributed by atoms with Crippen LogP contribution in [0.3, 0.4) is 0 Å². The van der Waals surface area contributed by atoms with E-state index in [2.05, 4.69) is 75.7 Å². The van der Waals surface area contributed by atoms with Gasteiger partial charge in [-0.2, -0.15) is 12.6 Å². The lowest BCUT2D eigenvalue weighted by Gasteiger charge is -2.49. The van der Waals surface area contributed by atoms with Crippen LogP contribution < -0.4 is 0 Å². The SMILES string of the molecule is C=CC(C(C)S)N([Si](C)(C)C)[Si](C)(C)C. The van der Waals surface area contributed by atoms with Gasteiger partial charge in [0, 0.05) is 11.3 Å². The van der Waals surface area contributed by atoms with Crippen LogP contribution in [0.2, 0.25) is 39.3 Å². The average Bonchev–Trinajstić information content (AvgIpc) is 1.93. The van der Waals surface area contributed by atoms with Gasteiger partial charge in [-0.15, -0.1) is 6.58 Å². The first-order chi connectivity index (χ1) is 6.51. The summed E-state index contributed by atoms with van der Waals surface area (Å²) in [5.41, 5.74) is 0. The zero-order valence-corrected chi connectivity index (χ0v) is 14.2. The summed E-state index contributed by atoms with van der Waals surface area (Å²) in [7, 11) is -2.59. The van der Waals surface area contributed by atoms with Crippen LogP contribution >= 0.6 is 12.6 Å². The highest BCUT2D eigenvalue weighted by Crippen LogP contribution is 2.26. The minimum Gasteiger partial charge on any atom is -0.339 e. The molecule has 0 aromatic carbocycles. The third kappa shape index (κ3) is 4.47. The maximum atomic E-state index is 4.61. The number of hydrogen-bond acceptors (Lipinski definition) is 2. The van der Waals surface area contributed by atoms with E-state index in [1.54, 1.807) is 0 Å². The third-order valence-corrected chi connectivity index (χ3v) is 10.3. The predicted molar refractivity (Wildman–Crippen MR) is 81.0 cm³/mol. The van der Waals surface area contributed by atoms with Crippen molar-refractivity contribution in [1.29, 1.82) is 0 Å². The van der Waals surface area contributed by atoms with E-state index >= 15 is 0 Å². The lowest BCUT2D eigenvalue weighted by atomic mass is 10.2. The standard InChI is InChI=1S/C11H27NSSi2/c1-9-11(10(2)13)12(14(3,4)5)15(6,7)8/h9-11,13H,1H2,2-8H3. The van der Waals surface area contributed by atoms with Gasteiger partial charge in [0.05, 0.1) is 0 Å². The van der Waals surface area contributed by atoms with E-state index in [4.69, 9.17) is 0 Å². The lowest BCUT2D eigenvalue weighted by molar-refractivity contribution is 0.512. The molecule has 0 aliphatic carbocycles. The molecular weight excluding hydrogens is 234 g/mol. The fourth-order valence-electron chi connectivity index (χ4n) is 2.42. The number of thiol groups is 1. The van der Waals surface area contributed by atoms with Crippen molar-refractivity contribution >= 4 is 29.1 Å². The topological polar surface area (TPSA) is 3.24 Å². The molecule has 0 fully saturated rings. The maximum absolute atomic E-state index is 4.61. The molecule has 0 aliphatic heterocycles. The van der Waals surface area contributed by atoms with Crippen molar-refractivity contribution in [2.24, 2.45) is 0 Å². The number of hydrogen-bond donors (Lipinski definition) is 1. The minimum atomic E-state index is -1.29. The summed E-state index contributed by atoms with van der Waals surface area (Å²) < 4.78 is 2.75. The van der Waals surface area contributed by atoms with Crippen LogP contribution in [0.4, 0.5) is 0 Å². The lowest BCUT2D eigenvalue weighted by Crippen LogP contribution is -2.64. The van der Waals surface area contributed by atoms with Gasteiger partial charge in [-0.05, 0) is 0 Å². The molecule has 0 aliphatic rings. The summed E-state index contributed by atoms with van der Waals surface area (Å²) in [6.07, 6.45) is 2.08. The number of rotatable bonds is 5. The van der Waals surface area contributed by atoms with Crippen molar-refractivity contribution in [3.8, 4) is 0 Å². The Labute approximate surface area is 104 Å². The highest BCUT2D eigenvalue weighted by molar-refractivity contribution is 7.81. The Kier molecular flexibility index (Phi) is 5.38. The molecule has 0 amide bonds. The zero-order valence-electron chi connectivity index (χ0n) is 11.3. The van der Waals surface area contributed by atoms with Gasteiger partial charge >= 0.3 is 0 Å². The molecule has 2 unspecified atom stereocenters. The second-order valence-electron chi connectivity index (χ2n) is 6.18. The summed E-state index contributed by atoms with van der Waals surface area (Å²) in [6.45, 7) is 20.6. The molecule has 15 heavy (non-hydrogen) atoms. The first kappa shape index (κ1) is 15.5. The largest absolute Gasteiger partial charge is 0.339 e. The molecule has 1 nitrogen and oxygen atoms in total. The average molecular weight is 262 g/mol. The Morgan fingerprint density at radius 1 is 1.07 bits per heavy atom. The smallest absolute Gasteiger partial charge is 0.112 e. The molecule has 0 saturated carbocycles. The van der Waals surface area contributed by atoms with Crippen LogP contribution in [-0.4, -0.2) is 32.0 Å². The van der Waals surface area contributed by atoms with E-state index in [0.717, 1.165) is 0 Å². The van der Waals surface area contributed by atoms with E-state index < -0.39 is 16.5 Å². The predicted octanol–water partition coefficient (Wildman–Crippen LogP) is 3.83. The zero-order chi connectivity index (χ0) is 12.4. The van der Waals surface area contributed by atoms with Crippen LogP contribution in [0.25, 0.3) is 0 Å². The molecule has 0 aromatic heterocycles. The van der Waals surface area contributed by atoms with E-state index in [1.807, 2.05) is 0 Å². The van der Waals surface area contributed by atoms with Crippen molar-refractivity contribution in [2.75, 3.05) is 0 Å². The molecule has 0 rings (SSSR count). The molecule has 2 atom stereocenters. The van der Waals surface area contributed by atoms with Crippen LogP contribution in [-0.2, 0) is 0 Å². The normalized spacial score (nSPS) is 17.7. The Bertz CT molecular complexity index is 202. The first-order valence-corrected chi connectivity index (χ1v) is 13.0. The van der Waals surface area contributed by atoms with Crippen LogP contribution in [0.5, 0.6) is 0 Å². The van der Waals surface area contributed by atoms with Gasteiger partial charge in [-0.25, -0.2) is 0 Å². The van der Waals surface area contributed by atoms with E-state index in [9.17, 15) is 0 Å². The fourth-order valence-corrected chi connectivity index (χ4v) is 13.4. The van der Waals surface area contributed by atoms with Gasteiger partial charge in [0.2, 0.25) is 0 Å². The van der Waals surface area contributed by atoms with E-state index in [0.29, 0.717) is 11.3 Å². The van der Waals surface area contributed by atoms with Crippen LogP contribution in [0.1, 0.15) is 6.92 Å². The number of nitrogens with zero attached hydrogens (tertiary/aromatic N) is 1. The Balaban J connectivity index is 5.19. The molecule has 0 heterocycles. The van der Waals surface area contributed by atoms with Gasteiger partial charge in [-0.3, -0.25) is 0 Å². The second kappa shape index (κ2) is 5.21. The molecule has 0 bridgehead atoms. The molecule has 0 spiro atoms. The van der Waals surface area contributed by atoms with Crippen molar-refractivity contribution in [3.05, 3.63) is 12.7 Å². The highest BCUT2D eigenvalue weighted by atomic mass is 32.1. The van der Waals surface area contributed by atoms with Crippen molar-refractivity contribution in [2.45, 2.75) is 57.5 Å². The van der Waals surface area contributed by atoms with Gasteiger partial charge in [0.25, 0.3) is 0 Å². The first-order valence-electron chi connectivity index (χ1n) is 5.62. The van der Waals surface area contributed by atoms with Gasteiger partial charge in [0.15, 0.2) is 0 Å². The van der Waals surface area contributed by atoms with E-state index in [1.165, 1.54) is 0 Å². The fraction of sp³-hybridized carbons (Fsp3) is 0.818. The third-order valence-electron chi connectivity index (χ3n) is 2.48. The summed E-state index contributed by atoms with van der Waals surface area (Å²) in [4.78, 5) is 0. The Morgan fingerprint density at radius 2 is 1.40 bits per heavy atom. The molecular formula is C11H27NSSi2. The molecule has 0 radical (unpaired) electrons. The Hall–Kier alpha value is 0.484. The van der Waals surface area contributed by atoms with Gasteiger partial charge < -0.3 is 4.23 Å². The molecule has 4 heteroatoms. The molecule has 0 saturated heterocycles. The quantitative estimate of drug-likeness (QED) is 0.447. The summed E-state index contributed by atoms with van der Waals surface area (Å²) in [6, 6.07) is 0.423. The summed E-state index contributed by atoms with van der Waals surface area (Å²) in [5, 5.41) is 0.362. The maximum Gasteiger partial charge on any atom is 0.112 e. The van der Waals surface area contributed by atoms with Crippen molar-refractivity contribution < 1.29 is 0 Å². The molecule has 0 aromatic rings. The minimum absolute atomic E-state index is 0.362. The molecule has 0 N–H and O–H groups in total. The summed E-state index contributed by atoms with van der Waals surface area (Å²) >= 11 is 4.61. The van der Waals surface area contributed by atoms with Crippen LogP contribution in [0.15, 0.2) is 12.7 Å². The van der Waals surface area contributed by atoms with Gasteiger partial charge in [-0.1, -0.05) is 52.3 Å². The highest BCUT2D eigenvalue weighted by Gasteiger charge is 2.39.